The number of sulfonamides is 1. The number of hydrogen-bond acceptors (Lipinski definition) is 8. The van der Waals surface area contributed by atoms with Crippen molar-refractivity contribution < 1.29 is 21.9 Å². The van der Waals surface area contributed by atoms with Crippen LogP contribution < -0.4 is 20.3 Å². The Morgan fingerprint density at radius 1 is 0.980 bits per heavy atom. The van der Waals surface area contributed by atoms with Crippen molar-refractivity contribution in [3.05, 3.63) is 116 Å². The van der Waals surface area contributed by atoms with Crippen LogP contribution in [0.2, 0.25) is 5.02 Å². The summed E-state index contributed by atoms with van der Waals surface area (Å²) in [7, 11) is -0.782. The Morgan fingerprint density at radius 3 is 2.26 bits per heavy atom. The molecular formula is C34H33Cl2F2N7O4S. The lowest BCUT2D eigenvalue weighted by molar-refractivity contribution is 0.414. The zero-order valence-electron chi connectivity index (χ0n) is 27.6. The number of rotatable bonds is 9. The Morgan fingerprint density at radius 2 is 1.64 bits per heavy atom. The fraction of sp³-hybridized carbons (Fsp3) is 0.235. The zero-order valence-corrected chi connectivity index (χ0v) is 30.0. The Hall–Kier alpha value is -4.63. The average molecular weight is 745 g/mol. The first-order valence-electron chi connectivity index (χ1n) is 15.0. The van der Waals surface area contributed by atoms with E-state index in [9.17, 15) is 22.0 Å². The number of fused-ring (bicyclic) bond motifs is 2. The molecule has 0 radical (unpaired) electrons. The van der Waals surface area contributed by atoms with Crippen LogP contribution in [0.1, 0.15) is 34.3 Å². The smallest absolute Gasteiger partial charge is 0.268 e. The van der Waals surface area contributed by atoms with Crippen LogP contribution in [-0.2, 0) is 30.0 Å². The Balaban J connectivity index is 0.00000486. The minimum absolute atomic E-state index is 0. The molecule has 50 heavy (non-hydrogen) atoms. The van der Waals surface area contributed by atoms with Gasteiger partial charge in [0.25, 0.3) is 5.56 Å². The third-order valence-electron chi connectivity index (χ3n) is 8.16. The maximum atomic E-state index is 14.5. The number of nitrogens with two attached hydrogens (primary N) is 1. The lowest BCUT2D eigenvalue weighted by Crippen LogP contribution is -2.30. The van der Waals surface area contributed by atoms with E-state index in [-0.39, 0.29) is 69.7 Å². The highest BCUT2D eigenvalue weighted by Crippen LogP contribution is 2.38. The van der Waals surface area contributed by atoms with E-state index >= 15 is 0 Å². The highest BCUT2D eigenvalue weighted by atomic mass is 35.5. The predicted molar refractivity (Wildman–Crippen MR) is 192 cm³/mol. The number of benzene rings is 3. The number of nitrogens with zero attached hydrogens (tertiary/aromatic N) is 6. The molecule has 11 nitrogen and oxygen atoms in total. The van der Waals surface area contributed by atoms with Gasteiger partial charge in [-0.1, -0.05) is 23.7 Å². The van der Waals surface area contributed by atoms with Gasteiger partial charge in [0.1, 0.15) is 23.2 Å². The fourth-order valence-electron chi connectivity index (χ4n) is 6.03. The van der Waals surface area contributed by atoms with E-state index in [4.69, 9.17) is 27.1 Å². The maximum absolute atomic E-state index is 14.5. The average Bonchev–Trinajstić information content (AvgIpc) is 3.36. The van der Waals surface area contributed by atoms with Gasteiger partial charge in [-0.05, 0) is 79.4 Å². The molecule has 6 rings (SSSR count). The van der Waals surface area contributed by atoms with Gasteiger partial charge in [-0.25, -0.2) is 31.5 Å². The van der Waals surface area contributed by atoms with Crippen molar-refractivity contribution in [3.8, 4) is 11.4 Å². The maximum Gasteiger partial charge on any atom is 0.268 e. The zero-order chi connectivity index (χ0) is 35.4. The topological polar surface area (TPSA) is 138 Å². The van der Waals surface area contributed by atoms with Gasteiger partial charge < -0.3 is 10.5 Å². The molecular weight excluding hydrogens is 711 g/mol. The number of aryl methyl sites for hydroxylation is 3. The number of anilines is 1. The third kappa shape index (κ3) is 6.88. The molecule has 0 aliphatic heterocycles. The van der Waals surface area contributed by atoms with Gasteiger partial charge in [0, 0.05) is 18.8 Å². The van der Waals surface area contributed by atoms with Crippen molar-refractivity contribution in [1.82, 2.24) is 24.3 Å². The van der Waals surface area contributed by atoms with Crippen molar-refractivity contribution >= 4 is 61.8 Å². The summed E-state index contributed by atoms with van der Waals surface area (Å²) in [5, 5.41) is 5.29. The molecule has 3 aromatic carbocycles. The van der Waals surface area contributed by atoms with Crippen molar-refractivity contribution in [2.24, 2.45) is 12.8 Å². The first-order chi connectivity index (χ1) is 23.2. The van der Waals surface area contributed by atoms with Crippen molar-refractivity contribution in [2.45, 2.75) is 32.9 Å². The molecule has 0 bridgehead atoms. The lowest BCUT2D eigenvalue weighted by atomic mass is 10.0. The summed E-state index contributed by atoms with van der Waals surface area (Å²) < 4.78 is 63.9. The Kier molecular flexibility index (Phi) is 10.2. The van der Waals surface area contributed by atoms with Gasteiger partial charge in [0.05, 0.1) is 53.0 Å². The summed E-state index contributed by atoms with van der Waals surface area (Å²) in [6.45, 7) is 3.47. The van der Waals surface area contributed by atoms with E-state index in [1.807, 2.05) is 0 Å². The molecule has 1 atom stereocenters. The van der Waals surface area contributed by atoms with Gasteiger partial charge in [-0.2, -0.15) is 5.10 Å². The number of hydrogen-bond donors (Lipinski definition) is 1. The molecule has 0 saturated carbocycles. The fourth-order valence-corrected chi connectivity index (χ4v) is 7.09. The normalized spacial score (nSPS) is 12.3. The van der Waals surface area contributed by atoms with Crippen LogP contribution in [0, 0.1) is 25.5 Å². The number of aromatic nitrogens is 5. The van der Waals surface area contributed by atoms with Crippen molar-refractivity contribution in [1.29, 1.82) is 0 Å². The van der Waals surface area contributed by atoms with Gasteiger partial charge in [-0.15, -0.1) is 12.4 Å². The number of pyridine rings is 1. The number of halogens is 4. The molecule has 0 aliphatic rings. The molecule has 0 unspecified atom stereocenters. The summed E-state index contributed by atoms with van der Waals surface area (Å²) in [6, 6.07) is 13.8. The highest BCUT2D eigenvalue weighted by Gasteiger charge is 2.29. The molecule has 16 heteroatoms. The second-order valence-electron chi connectivity index (χ2n) is 11.8. The minimum Gasteiger partial charge on any atom is -0.497 e. The van der Waals surface area contributed by atoms with Crippen LogP contribution in [-0.4, -0.2) is 46.1 Å². The second-order valence-corrected chi connectivity index (χ2v) is 14.1. The summed E-state index contributed by atoms with van der Waals surface area (Å²) in [6.07, 6.45) is 0.991. The molecule has 2 N–H and O–H groups in total. The second kappa shape index (κ2) is 13.9. The van der Waals surface area contributed by atoms with Crippen LogP contribution in [0.15, 0.2) is 65.5 Å². The molecule has 0 aliphatic carbocycles. The summed E-state index contributed by atoms with van der Waals surface area (Å²) in [5.41, 5.74) is 9.09. The van der Waals surface area contributed by atoms with Crippen LogP contribution in [0.3, 0.4) is 0 Å². The summed E-state index contributed by atoms with van der Waals surface area (Å²) in [4.78, 5) is 23.7. The lowest BCUT2D eigenvalue weighted by Gasteiger charge is -2.21. The van der Waals surface area contributed by atoms with E-state index in [1.165, 1.54) is 22.4 Å². The van der Waals surface area contributed by atoms with E-state index < -0.39 is 33.3 Å². The summed E-state index contributed by atoms with van der Waals surface area (Å²) in [5.74, 6) is -0.836. The molecule has 6 aromatic rings. The number of ether oxygens (including phenoxy) is 1. The molecule has 3 heterocycles. The monoisotopic (exact) mass is 743 g/mol. The van der Waals surface area contributed by atoms with Crippen LogP contribution in [0.4, 0.5) is 14.6 Å². The predicted octanol–water partition coefficient (Wildman–Crippen LogP) is 5.85. The van der Waals surface area contributed by atoms with Crippen molar-refractivity contribution in [2.75, 3.05) is 17.7 Å². The third-order valence-corrected chi connectivity index (χ3v) is 9.58. The van der Waals surface area contributed by atoms with E-state index in [0.29, 0.717) is 28.1 Å². The van der Waals surface area contributed by atoms with Gasteiger partial charge in [-0.3, -0.25) is 14.0 Å². The van der Waals surface area contributed by atoms with Gasteiger partial charge in [0.2, 0.25) is 10.0 Å². The van der Waals surface area contributed by atoms with Crippen molar-refractivity contribution in [3.63, 3.8) is 0 Å². The molecule has 3 aromatic heterocycles. The quantitative estimate of drug-likeness (QED) is 0.195. The molecule has 0 saturated heterocycles. The van der Waals surface area contributed by atoms with E-state index in [2.05, 4.69) is 10.1 Å². The first kappa shape index (κ1) is 36.6. The SMILES string of the molecule is COc1ccc(CN(c2nn(C)c3c(-n4c([C@@H](N)Cc5cc(F)cc(F)c5)nc5nc(C)cc(C)c5c4=O)ccc(Cl)c23)S(C)(=O)=O)cc1.Cl. The van der Waals surface area contributed by atoms with E-state index in [1.54, 1.807) is 57.3 Å². The highest BCUT2D eigenvalue weighted by molar-refractivity contribution is 7.92. The standard InChI is InChI=1S/C34H32ClF2N7O4S.ClH/c1-18-12-19(2)39-31-28(18)34(45)44(32(40-31)26(38)15-21-13-22(36)16-23(37)14-21)27-11-10-25(35)29-30(27)42(3)41-33(29)43(49(5,46)47)17-20-6-8-24(48-4)9-7-20;/h6-14,16,26H,15,17,38H2,1-5H3;1H/t26-;/m0./s1. The molecule has 262 valence electrons. The minimum atomic E-state index is -3.92. The Labute approximate surface area is 297 Å². The van der Waals surface area contributed by atoms with Crippen LogP contribution in [0.5, 0.6) is 5.75 Å². The van der Waals surface area contributed by atoms with Crippen LogP contribution >= 0.6 is 24.0 Å². The largest absolute Gasteiger partial charge is 0.497 e. The molecule has 0 fully saturated rings. The first-order valence-corrected chi connectivity index (χ1v) is 17.3. The summed E-state index contributed by atoms with van der Waals surface area (Å²) >= 11 is 6.79. The molecule has 0 amide bonds. The van der Waals surface area contributed by atoms with Gasteiger partial charge in [0.15, 0.2) is 11.5 Å². The van der Waals surface area contributed by atoms with E-state index in [0.717, 1.165) is 28.8 Å². The Bertz CT molecular complexity index is 2420. The number of methoxy groups -OCH3 is 1. The molecule has 0 spiro atoms. The van der Waals surface area contributed by atoms with Crippen LogP contribution in [0.25, 0.3) is 27.6 Å². The van der Waals surface area contributed by atoms with Gasteiger partial charge >= 0.3 is 0 Å².